The van der Waals surface area contributed by atoms with Crippen molar-refractivity contribution < 1.29 is 14.3 Å². The average molecular weight is 523 g/mol. The van der Waals surface area contributed by atoms with E-state index in [0.29, 0.717) is 24.5 Å². The van der Waals surface area contributed by atoms with Gasteiger partial charge in [0.1, 0.15) is 18.1 Å². The summed E-state index contributed by atoms with van der Waals surface area (Å²) in [7, 11) is 0. The third-order valence-corrected chi connectivity index (χ3v) is 5.58. The summed E-state index contributed by atoms with van der Waals surface area (Å²) in [6.45, 7) is 2.77. The van der Waals surface area contributed by atoms with E-state index in [9.17, 15) is 4.79 Å². The molecule has 5 heteroatoms. The SMILES string of the molecule is CCOc1ccc(C(=O)Nc2ccc(I)cc2)cc1COc1cccc2ccccc12. The van der Waals surface area contributed by atoms with Crippen molar-refractivity contribution in [2.24, 2.45) is 0 Å². The van der Waals surface area contributed by atoms with E-state index in [1.807, 2.05) is 73.7 Å². The van der Waals surface area contributed by atoms with Gasteiger partial charge < -0.3 is 14.8 Å². The van der Waals surface area contributed by atoms with E-state index >= 15 is 0 Å². The average Bonchev–Trinajstić information content (AvgIpc) is 2.80. The van der Waals surface area contributed by atoms with Crippen LogP contribution in [-0.4, -0.2) is 12.5 Å². The molecule has 4 nitrogen and oxygen atoms in total. The van der Waals surface area contributed by atoms with Crippen LogP contribution in [-0.2, 0) is 6.61 Å². The van der Waals surface area contributed by atoms with Crippen molar-refractivity contribution in [2.75, 3.05) is 11.9 Å². The highest BCUT2D eigenvalue weighted by atomic mass is 127. The predicted octanol–water partition coefficient (Wildman–Crippen LogP) is 6.67. The van der Waals surface area contributed by atoms with Crippen LogP contribution in [0.5, 0.6) is 11.5 Å². The molecule has 4 rings (SSSR count). The summed E-state index contributed by atoms with van der Waals surface area (Å²) in [5, 5.41) is 5.11. The highest BCUT2D eigenvalue weighted by molar-refractivity contribution is 14.1. The summed E-state index contributed by atoms with van der Waals surface area (Å²) >= 11 is 2.24. The molecular formula is C26H22INO3. The van der Waals surface area contributed by atoms with Gasteiger partial charge in [-0.05, 0) is 83.4 Å². The molecule has 0 heterocycles. The first kappa shape index (κ1) is 21.2. The Morgan fingerprint density at radius 2 is 1.65 bits per heavy atom. The van der Waals surface area contributed by atoms with Gasteiger partial charge in [-0.3, -0.25) is 4.79 Å². The van der Waals surface area contributed by atoms with Gasteiger partial charge in [0.2, 0.25) is 0 Å². The summed E-state index contributed by atoms with van der Waals surface area (Å²) in [6.07, 6.45) is 0. The molecule has 0 spiro atoms. The van der Waals surface area contributed by atoms with Gasteiger partial charge in [-0.15, -0.1) is 0 Å². The quantitative estimate of drug-likeness (QED) is 0.275. The van der Waals surface area contributed by atoms with Crippen LogP contribution in [0.1, 0.15) is 22.8 Å². The van der Waals surface area contributed by atoms with Crippen molar-refractivity contribution in [2.45, 2.75) is 13.5 Å². The van der Waals surface area contributed by atoms with Gasteiger partial charge in [-0.2, -0.15) is 0 Å². The van der Waals surface area contributed by atoms with Crippen LogP contribution in [0.4, 0.5) is 5.69 Å². The molecule has 0 aliphatic heterocycles. The molecule has 0 bridgehead atoms. The fourth-order valence-corrected chi connectivity index (χ4v) is 3.70. The molecule has 0 aliphatic rings. The number of carbonyl (C=O) groups is 1. The molecule has 0 aromatic heterocycles. The van der Waals surface area contributed by atoms with E-state index in [1.165, 1.54) is 0 Å². The highest BCUT2D eigenvalue weighted by Gasteiger charge is 2.12. The van der Waals surface area contributed by atoms with Gasteiger partial charge in [0, 0.05) is 25.8 Å². The molecule has 4 aromatic carbocycles. The van der Waals surface area contributed by atoms with Gasteiger partial charge in [0.05, 0.1) is 6.61 Å². The lowest BCUT2D eigenvalue weighted by Gasteiger charge is -2.14. The molecule has 4 aromatic rings. The van der Waals surface area contributed by atoms with Crippen molar-refractivity contribution in [3.8, 4) is 11.5 Å². The summed E-state index contributed by atoms with van der Waals surface area (Å²) in [5.41, 5.74) is 2.14. The van der Waals surface area contributed by atoms with Crippen LogP contribution in [0.3, 0.4) is 0 Å². The van der Waals surface area contributed by atoms with Crippen LogP contribution >= 0.6 is 22.6 Å². The van der Waals surface area contributed by atoms with Crippen molar-refractivity contribution in [1.29, 1.82) is 0 Å². The maximum Gasteiger partial charge on any atom is 0.255 e. The Morgan fingerprint density at radius 3 is 2.45 bits per heavy atom. The number of anilines is 1. The van der Waals surface area contributed by atoms with Gasteiger partial charge in [0.15, 0.2) is 0 Å². The number of rotatable bonds is 7. The third kappa shape index (κ3) is 5.17. The lowest BCUT2D eigenvalue weighted by atomic mass is 10.1. The van der Waals surface area contributed by atoms with E-state index in [1.54, 1.807) is 6.07 Å². The van der Waals surface area contributed by atoms with Crippen LogP contribution in [0.15, 0.2) is 84.9 Å². The normalized spacial score (nSPS) is 10.6. The van der Waals surface area contributed by atoms with Crippen LogP contribution < -0.4 is 14.8 Å². The molecule has 1 N–H and O–H groups in total. The Balaban J connectivity index is 1.56. The second-order valence-electron chi connectivity index (χ2n) is 6.98. The molecule has 0 radical (unpaired) electrons. The van der Waals surface area contributed by atoms with E-state index < -0.39 is 0 Å². The Bertz CT molecular complexity index is 1200. The lowest BCUT2D eigenvalue weighted by Crippen LogP contribution is -2.13. The summed E-state index contributed by atoms with van der Waals surface area (Å²) in [4.78, 5) is 12.8. The molecule has 0 fully saturated rings. The molecular weight excluding hydrogens is 501 g/mol. The minimum Gasteiger partial charge on any atom is -0.493 e. The number of fused-ring (bicyclic) bond motifs is 1. The molecule has 31 heavy (non-hydrogen) atoms. The maximum absolute atomic E-state index is 12.8. The smallest absolute Gasteiger partial charge is 0.255 e. The summed E-state index contributed by atoms with van der Waals surface area (Å²) < 4.78 is 13.0. The number of hydrogen-bond acceptors (Lipinski definition) is 3. The number of hydrogen-bond donors (Lipinski definition) is 1. The number of carbonyl (C=O) groups excluding carboxylic acids is 1. The number of nitrogens with one attached hydrogen (secondary N) is 1. The van der Waals surface area contributed by atoms with Crippen molar-refractivity contribution in [3.63, 3.8) is 0 Å². The first-order valence-electron chi connectivity index (χ1n) is 10.1. The Hall–Kier alpha value is -3.06. The Kier molecular flexibility index (Phi) is 6.72. The van der Waals surface area contributed by atoms with Gasteiger partial charge in [-0.1, -0.05) is 36.4 Å². The van der Waals surface area contributed by atoms with Crippen LogP contribution in [0.2, 0.25) is 0 Å². The topological polar surface area (TPSA) is 47.6 Å². The number of benzene rings is 4. The minimum atomic E-state index is -0.171. The predicted molar refractivity (Wildman–Crippen MR) is 133 cm³/mol. The van der Waals surface area contributed by atoms with Crippen LogP contribution in [0.25, 0.3) is 10.8 Å². The van der Waals surface area contributed by atoms with E-state index in [4.69, 9.17) is 9.47 Å². The third-order valence-electron chi connectivity index (χ3n) is 4.86. The maximum atomic E-state index is 12.8. The molecule has 0 aliphatic carbocycles. The number of halogens is 1. The van der Waals surface area contributed by atoms with Gasteiger partial charge >= 0.3 is 0 Å². The van der Waals surface area contributed by atoms with E-state index in [0.717, 1.165) is 31.3 Å². The first-order valence-corrected chi connectivity index (χ1v) is 11.1. The zero-order valence-corrected chi connectivity index (χ0v) is 19.3. The largest absolute Gasteiger partial charge is 0.493 e. The standard InChI is InChI=1S/C26H22INO3/c1-2-30-24-15-10-19(26(29)28-22-13-11-21(27)12-14-22)16-20(24)17-31-25-9-5-7-18-6-3-4-8-23(18)25/h3-16H,2,17H2,1H3,(H,28,29). The molecule has 0 atom stereocenters. The first-order chi connectivity index (χ1) is 15.1. The second kappa shape index (κ2) is 9.83. The van der Waals surface area contributed by atoms with Crippen molar-refractivity contribution >= 4 is 45.0 Å². The zero-order chi connectivity index (χ0) is 21.6. The highest BCUT2D eigenvalue weighted by Crippen LogP contribution is 2.28. The van der Waals surface area contributed by atoms with Crippen molar-refractivity contribution in [1.82, 2.24) is 0 Å². The second-order valence-corrected chi connectivity index (χ2v) is 8.23. The Labute approximate surface area is 195 Å². The summed E-state index contributed by atoms with van der Waals surface area (Å²) in [5.74, 6) is 1.35. The van der Waals surface area contributed by atoms with Crippen LogP contribution in [0, 0.1) is 3.57 Å². The lowest BCUT2D eigenvalue weighted by molar-refractivity contribution is 0.102. The van der Waals surface area contributed by atoms with Crippen molar-refractivity contribution in [3.05, 3.63) is 99.6 Å². The summed E-state index contributed by atoms with van der Waals surface area (Å²) in [6, 6.07) is 27.2. The van der Waals surface area contributed by atoms with Gasteiger partial charge in [0.25, 0.3) is 5.91 Å². The fraction of sp³-hybridized carbons (Fsp3) is 0.115. The number of ether oxygens (including phenoxy) is 2. The Morgan fingerprint density at radius 1 is 0.871 bits per heavy atom. The molecule has 0 saturated carbocycles. The monoisotopic (exact) mass is 523 g/mol. The van der Waals surface area contributed by atoms with Gasteiger partial charge in [-0.25, -0.2) is 0 Å². The zero-order valence-electron chi connectivity index (χ0n) is 17.1. The molecule has 156 valence electrons. The molecule has 0 unspecified atom stereocenters. The number of amides is 1. The minimum absolute atomic E-state index is 0.171. The molecule has 0 saturated heterocycles. The molecule has 1 amide bonds. The fourth-order valence-electron chi connectivity index (χ4n) is 3.34. The van der Waals surface area contributed by atoms with E-state index in [2.05, 4.69) is 40.0 Å². The van der Waals surface area contributed by atoms with E-state index in [-0.39, 0.29) is 5.91 Å².